The first-order chi connectivity index (χ1) is 8.58. The maximum Gasteiger partial charge on any atom is 0.129 e. The van der Waals surface area contributed by atoms with Gasteiger partial charge in [0.1, 0.15) is 5.82 Å². The molecule has 94 valence electrons. The van der Waals surface area contributed by atoms with Gasteiger partial charge in [0.05, 0.1) is 5.02 Å². The molecule has 18 heavy (non-hydrogen) atoms. The van der Waals surface area contributed by atoms with Gasteiger partial charge in [-0.25, -0.2) is 4.39 Å². The van der Waals surface area contributed by atoms with Crippen LogP contribution in [0, 0.1) is 5.82 Å². The highest BCUT2D eigenvalue weighted by molar-refractivity contribution is 9.10. The summed E-state index contributed by atoms with van der Waals surface area (Å²) in [5.74, 6) is -0.321. The van der Waals surface area contributed by atoms with Crippen molar-refractivity contribution in [1.29, 1.82) is 0 Å². The van der Waals surface area contributed by atoms with E-state index in [0.717, 1.165) is 10.2 Å². The zero-order valence-electron chi connectivity index (χ0n) is 9.18. The summed E-state index contributed by atoms with van der Waals surface area (Å²) in [6, 6.07) is 10.1. The summed E-state index contributed by atoms with van der Waals surface area (Å²) in [5, 5.41) is 4.09. The lowest BCUT2D eigenvalue weighted by molar-refractivity contribution is 0.613. The molecule has 0 atom stereocenters. The lowest BCUT2D eigenvalue weighted by Crippen LogP contribution is -2.02. The first kappa shape index (κ1) is 13.7. The highest BCUT2D eigenvalue weighted by Crippen LogP contribution is 2.26. The molecule has 1 nitrogen and oxygen atoms in total. The lowest BCUT2D eigenvalue weighted by atomic mass is 10.2. The molecule has 0 heterocycles. The van der Waals surface area contributed by atoms with Crippen LogP contribution in [0.25, 0.3) is 0 Å². The fourth-order valence-electron chi connectivity index (χ4n) is 1.50. The molecule has 1 N–H and O–H groups in total. The molecule has 0 saturated heterocycles. The van der Waals surface area contributed by atoms with Crippen molar-refractivity contribution >= 4 is 44.8 Å². The molecule has 0 fully saturated rings. The Labute approximate surface area is 123 Å². The fraction of sp³-hybridized carbons (Fsp3) is 0.0769. The average molecular weight is 349 g/mol. The number of rotatable bonds is 3. The van der Waals surface area contributed by atoms with Crippen LogP contribution in [0.1, 0.15) is 5.56 Å². The van der Waals surface area contributed by atoms with Crippen LogP contribution in [0.3, 0.4) is 0 Å². The Morgan fingerprint density at radius 2 is 1.89 bits per heavy atom. The molecule has 0 aliphatic heterocycles. The molecule has 0 aliphatic carbocycles. The standard InChI is InChI=1S/C13H9BrCl2FN/c14-10-5-4-8(6-12(10)16)18-7-9-11(15)2-1-3-13(9)17/h1-6,18H,7H2. The molecule has 0 radical (unpaired) electrons. The Bertz CT molecular complexity index is 555. The number of anilines is 1. The fourth-order valence-corrected chi connectivity index (χ4v) is 2.15. The Hall–Kier alpha value is -0.770. The zero-order valence-corrected chi connectivity index (χ0v) is 12.3. The number of benzene rings is 2. The van der Waals surface area contributed by atoms with Crippen LogP contribution in [0.5, 0.6) is 0 Å². The zero-order chi connectivity index (χ0) is 13.1. The largest absolute Gasteiger partial charge is 0.381 e. The van der Waals surface area contributed by atoms with Gasteiger partial charge in [-0.15, -0.1) is 0 Å². The summed E-state index contributed by atoms with van der Waals surface area (Å²) >= 11 is 15.2. The van der Waals surface area contributed by atoms with E-state index in [2.05, 4.69) is 21.2 Å². The normalized spacial score (nSPS) is 10.4. The maximum atomic E-state index is 13.5. The minimum Gasteiger partial charge on any atom is -0.381 e. The summed E-state index contributed by atoms with van der Waals surface area (Å²) in [6.07, 6.45) is 0. The third kappa shape index (κ3) is 3.16. The van der Waals surface area contributed by atoms with Crippen molar-refractivity contribution in [3.05, 3.63) is 62.3 Å². The number of hydrogen-bond acceptors (Lipinski definition) is 1. The first-order valence-corrected chi connectivity index (χ1v) is 6.74. The molecule has 0 bridgehead atoms. The van der Waals surface area contributed by atoms with Crippen LogP contribution in [0.4, 0.5) is 10.1 Å². The van der Waals surface area contributed by atoms with Crippen molar-refractivity contribution in [2.45, 2.75) is 6.54 Å². The van der Waals surface area contributed by atoms with Crippen LogP contribution in [-0.4, -0.2) is 0 Å². The molecule has 0 aromatic heterocycles. The Kier molecular flexibility index (Phi) is 4.49. The predicted octanol–water partition coefficient (Wildman–Crippen LogP) is 5.51. The molecule has 2 rings (SSSR count). The van der Waals surface area contributed by atoms with E-state index in [1.165, 1.54) is 6.07 Å². The number of nitrogens with one attached hydrogen (secondary N) is 1. The second-order valence-electron chi connectivity index (χ2n) is 3.68. The lowest BCUT2D eigenvalue weighted by Gasteiger charge is -2.09. The van der Waals surface area contributed by atoms with Gasteiger partial charge < -0.3 is 5.32 Å². The molecular formula is C13H9BrCl2FN. The van der Waals surface area contributed by atoms with E-state index >= 15 is 0 Å². The summed E-state index contributed by atoms with van der Waals surface area (Å²) in [6.45, 7) is 0.309. The van der Waals surface area contributed by atoms with E-state index in [0.29, 0.717) is 22.2 Å². The molecule has 0 amide bonds. The molecule has 0 spiro atoms. The van der Waals surface area contributed by atoms with Gasteiger partial charge in [0.15, 0.2) is 0 Å². The number of halogens is 4. The Morgan fingerprint density at radius 1 is 1.11 bits per heavy atom. The van der Waals surface area contributed by atoms with Crippen molar-refractivity contribution in [1.82, 2.24) is 0 Å². The smallest absolute Gasteiger partial charge is 0.129 e. The van der Waals surface area contributed by atoms with Crippen molar-refractivity contribution in [2.75, 3.05) is 5.32 Å². The number of hydrogen-bond donors (Lipinski definition) is 1. The highest BCUT2D eigenvalue weighted by atomic mass is 79.9. The van der Waals surface area contributed by atoms with Crippen molar-refractivity contribution in [3.8, 4) is 0 Å². The molecule has 0 unspecified atom stereocenters. The SMILES string of the molecule is Fc1cccc(Cl)c1CNc1ccc(Br)c(Cl)c1. The second kappa shape index (κ2) is 5.91. The quantitative estimate of drug-likeness (QED) is 0.771. The van der Waals surface area contributed by atoms with Crippen LogP contribution in [0.2, 0.25) is 10.0 Å². The maximum absolute atomic E-state index is 13.5. The minimum absolute atomic E-state index is 0.309. The monoisotopic (exact) mass is 347 g/mol. The molecule has 5 heteroatoms. The predicted molar refractivity (Wildman–Crippen MR) is 77.9 cm³/mol. The van der Waals surface area contributed by atoms with E-state index in [-0.39, 0.29) is 5.82 Å². The minimum atomic E-state index is -0.321. The Morgan fingerprint density at radius 3 is 2.56 bits per heavy atom. The van der Waals surface area contributed by atoms with E-state index in [4.69, 9.17) is 23.2 Å². The van der Waals surface area contributed by atoms with Gasteiger partial charge in [-0.3, -0.25) is 0 Å². The van der Waals surface area contributed by atoms with E-state index < -0.39 is 0 Å². The Balaban J connectivity index is 2.14. The van der Waals surface area contributed by atoms with Gasteiger partial charge >= 0.3 is 0 Å². The first-order valence-electron chi connectivity index (χ1n) is 5.20. The molecule has 0 aliphatic rings. The topological polar surface area (TPSA) is 12.0 Å². The molecular weight excluding hydrogens is 340 g/mol. The van der Waals surface area contributed by atoms with Crippen molar-refractivity contribution in [2.24, 2.45) is 0 Å². The van der Waals surface area contributed by atoms with E-state index in [1.807, 2.05) is 12.1 Å². The summed E-state index contributed by atoms with van der Waals surface area (Å²) in [5.41, 5.74) is 1.25. The van der Waals surface area contributed by atoms with Crippen LogP contribution in [-0.2, 0) is 6.54 Å². The molecule has 2 aromatic carbocycles. The van der Waals surface area contributed by atoms with E-state index in [1.54, 1.807) is 18.2 Å². The molecule has 2 aromatic rings. The van der Waals surface area contributed by atoms with Crippen molar-refractivity contribution < 1.29 is 4.39 Å². The molecule has 0 saturated carbocycles. The van der Waals surface area contributed by atoms with Gasteiger partial charge in [0.2, 0.25) is 0 Å². The van der Waals surface area contributed by atoms with Crippen molar-refractivity contribution in [3.63, 3.8) is 0 Å². The van der Waals surface area contributed by atoms with Gasteiger partial charge in [0, 0.05) is 27.3 Å². The third-order valence-electron chi connectivity index (χ3n) is 2.45. The average Bonchev–Trinajstić information content (AvgIpc) is 2.33. The summed E-state index contributed by atoms with van der Waals surface area (Å²) in [7, 11) is 0. The van der Waals surface area contributed by atoms with E-state index in [9.17, 15) is 4.39 Å². The van der Waals surface area contributed by atoms with Gasteiger partial charge in [0.25, 0.3) is 0 Å². The van der Waals surface area contributed by atoms with Crippen LogP contribution < -0.4 is 5.32 Å². The second-order valence-corrected chi connectivity index (χ2v) is 5.35. The summed E-state index contributed by atoms with van der Waals surface area (Å²) in [4.78, 5) is 0. The van der Waals surface area contributed by atoms with Gasteiger partial charge in [-0.1, -0.05) is 29.3 Å². The van der Waals surface area contributed by atoms with Crippen LogP contribution >= 0.6 is 39.1 Å². The van der Waals surface area contributed by atoms with Gasteiger partial charge in [-0.05, 0) is 46.3 Å². The van der Waals surface area contributed by atoms with Crippen LogP contribution in [0.15, 0.2) is 40.9 Å². The third-order valence-corrected chi connectivity index (χ3v) is 4.04. The van der Waals surface area contributed by atoms with Gasteiger partial charge in [-0.2, -0.15) is 0 Å². The summed E-state index contributed by atoms with van der Waals surface area (Å²) < 4.78 is 14.4. The highest BCUT2D eigenvalue weighted by Gasteiger charge is 2.06.